The average Bonchev–Trinajstić information content (AvgIpc) is 3.34. The highest BCUT2D eigenvalue weighted by Gasteiger charge is 2.39. The van der Waals surface area contributed by atoms with E-state index in [4.69, 9.17) is 10.5 Å². The second-order valence-corrected chi connectivity index (χ2v) is 8.40. The van der Waals surface area contributed by atoms with Gasteiger partial charge in [-0.25, -0.2) is 0 Å². The molecule has 4 nitrogen and oxygen atoms in total. The summed E-state index contributed by atoms with van der Waals surface area (Å²) in [6, 6.07) is 10.6. The van der Waals surface area contributed by atoms with Gasteiger partial charge in [-0.1, -0.05) is 12.1 Å². The van der Waals surface area contributed by atoms with Crippen LogP contribution in [0.5, 0.6) is 0 Å². The number of hydrogen-bond donors (Lipinski definition) is 2. The Bertz CT molecular complexity index is 930. The third-order valence-electron chi connectivity index (χ3n) is 4.89. The van der Waals surface area contributed by atoms with E-state index in [0.29, 0.717) is 5.57 Å². The van der Waals surface area contributed by atoms with Crippen LogP contribution in [0.15, 0.2) is 63.4 Å². The molecule has 132 valence electrons. The summed E-state index contributed by atoms with van der Waals surface area (Å²) in [4.78, 5) is 3.82. The van der Waals surface area contributed by atoms with E-state index < -0.39 is 0 Å². The number of hydrogen-bond acceptors (Lipinski definition) is 5. The lowest BCUT2D eigenvalue weighted by atomic mass is 9.84. The molecule has 0 radical (unpaired) electrons. The van der Waals surface area contributed by atoms with Crippen molar-refractivity contribution >= 4 is 28.7 Å². The molecule has 0 aliphatic carbocycles. The van der Waals surface area contributed by atoms with Crippen LogP contribution in [0.3, 0.4) is 0 Å². The fourth-order valence-corrected chi connectivity index (χ4v) is 5.16. The van der Waals surface area contributed by atoms with Crippen LogP contribution in [-0.2, 0) is 4.74 Å². The summed E-state index contributed by atoms with van der Waals surface area (Å²) < 4.78 is 6.02. The topological polar surface area (TPSA) is 63.5 Å². The van der Waals surface area contributed by atoms with Crippen LogP contribution in [-0.4, -0.2) is 19.6 Å². The Hall–Kier alpha value is -2.33. The molecule has 0 aromatic carbocycles. The highest BCUT2D eigenvalue weighted by atomic mass is 32.1. The van der Waals surface area contributed by atoms with Crippen molar-refractivity contribution in [2.75, 3.05) is 19.6 Å². The Labute approximate surface area is 161 Å². The van der Waals surface area contributed by atoms with E-state index in [0.717, 1.165) is 35.8 Å². The van der Waals surface area contributed by atoms with Gasteiger partial charge in [0.05, 0.1) is 18.0 Å². The third kappa shape index (κ3) is 2.99. The molecular weight excluding hydrogens is 362 g/mol. The molecule has 0 fully saturated rings. The molecule has 0 saturated carbocycles. The quantitative estimate of drug-likeness (QED) is 0.858. The first kappa shape index (κ1) is 17.1. The number of nitrogens with zero attached hydrogens (tertiary/aromatic N) is 1. The number of thiophene rings is 2. The predicted octanol–water partition coefficient (Wildman–Crippen LogP) is 2.87. The molecule has 2 aromatic heterocycles. The second-order valence-electron chi connectivity index (χ2n) is 6.44. The van der Waals surface area contributed by atoms with E-state index in [2.05, 4.69) is 42.6 Å². The maximum absolute atomic E-state index is 9.71. The maximum atomic E-state index is 9.71. The molecule has 6 heteroatoms. The Morgan fingerprint density at radius 2 is 2.12 bits per heavy atom. The molecule has 2 aliphatic heterocycles. The van der Waals surface area contributed by atoms with E-state index in [-0.39, 0.29) is 11.8 Å². The van der Waals surface area contributed by atoms with Gasteiger partial charge in [-0.2, -0.15) is 5.26 Å². The van der Waals surface area contributed by atoms with Crippen LogP contribution in [0.1, 0.15) is 22.6 Å². The number of ether oxygens (including phenoxy) is 1. The molecule has 4 rings (SSSR count). The van der Waals surface area contributed by atoms with Crippen molar-refractivity contribution in [3.8, 4) is 6.07 Å². The number of rotatable bonds is 3. The molecule has 2 atom stereocenters. The van der Waals surface area contributed by atoms with Crippen LogP contribution in [0, 0.1) is 11.3 Å². The Kier molecular flexibility index (Phi) is 4.68. The van der Waals surface area contributed by atoms with Crippen LogP contribution in [0.25, 0.3) is 6.08 Å². The molecule has 2 aliphatic rings. The van der Waals surface area contributed by atoms with Gasteiger partial charge < -0.3 is 15.4 Å². The Morgan fingerprint density at radius 3 is 2.77 bits per heavy atom. The molecule has 4 heterocycles. The Morgan fingerprint density at radius 1 is 1.31 bits per heavy atom. The number of quaternary nitrogens is 1. The first-order chi connectivity index (χ1) is 12.7. The molecule has 0 bridgehead atoms. The van der Waals surface area contributed by atoms with E-state index in [1.807, 2.05) is 11.4 Å². The maximum Gasteiger partial charge on any atom is 0.205 e. The zero-order valence-electron chi connectivity index (χ0n) is 14.5. The number of nitrogens with one attached hydrogen (secondary N) is 1. The summed E-state index contributed by atoms with van der Waals surface area (Å²) >= 11 is 3.38. The van der Waals surface area contributed by atoms with Crippen molar-refractivity contribution in [2.24, 2.45) is 5.73 Å². The summed E-state index contributed by atoms with van der Waals surface area (Å²) in [5.41, 5.74) is 9.03. The molecule has 3 N–H and O–H groups in total. The lowest BCUT2D eigenvalue weighted by Crippen LogP contribution is -3.12. The normalized spacial score (nSPS) is 24.4. The lowest BCUT2D eigenvalue weighted by Gasteiger charge is -2.35. The van der Waals surface area contributed by atoms with Crippen molar-refractivity contribution in [1.29, 1.82) is 5.26 Å². The second kappa shape index (κ2) is 7.12. The highest BCUT2D eigenvalue weighted by molar-refractivity contribution is 7.10. The summed E-state index contributed by atoms with van der Waals surface area (Å²) in [5, 5.41) is 13.8. The van der Waals surface area contributed by atoms with Gasteiger partial charge in [0, 0.05) is 15.3 Å². The SMILES string of the molecule is CC[NH+]1CC2=C(OC(N)=C(C#N)[C@@H]2c2cccs2)/C(=C/c2cccs2)C1. The average molecular weight is 383 g/mol. The van der Waals surface area contributed by atoms with Crippen molar-refractivity contribution in [2.45, 2.75) is 12.8 Å². The van der Waals surface area contributed by atoms with Gasteiger partial charge in [0.15, 0.2) is 0 Å². The van der Waals surface area contributed by atoms with Gasteiger partial charge in [0.2, 0.25) is 5.88 Å². The zero-order valence-corrected chi connectivity index (χ0v) is 16.1. The van der Waals surface area contributed by atoms with E-state index in [1.165, 1.54) is 15.4 Å². The fraction of sp³-hybridized carbons (Fsp3) is 0.250. The third-order valence-corrected chi connectivity index (χ3v) is 6.64. The van der Waals surface area contributed by atoms with Crippen molar-refractivity contribution in [3.63, 3.8) is 0 Å². The van der Waals surface area contributed by atoms with Crippen LogP contribution >= 0.6 is 22.7 Å². The number of likely N-dealkylation sites (N-methyl/N-ethyl adjacent to an activating group) is 1. The van der Waals surface area contributed by atoms with Crippen molar-refractivity contribution in [1.82, 2.24) is 0 Å². The van der Waals surface area contributed by atoms with Gasteiger partial charge in [-0.3, -0.25) is 0 Å². The Balaban J connectivity index is 1.87. The van der Waals surface area contributed by atoms with Crippen LogP contribution in [0.4, 0.5) is 0 Å². The fourth-order valence-electron chi connectivity index (χ4n) is 3.61. The van der Waals surface area contributed by atoms with Crippen LogP contribution in [0.2, 0.25) is 0 Å². The summed E-state index contributed by atoms with van der Waals surface area (Å²) in [5.74, 6) is 1.00. The predicted molar refractivity (Wildman–Crippen MR) is 106 cm³/mol. The largest absolute Gasteiger partial charge is 0.440 e. The summed E-state index contributed by atoms with van der Waals surface area (Å²) in [6.07, 6.45) is 2.20. The van der Waals surface area contributed by atoms with Gasteiger partial charge in [-0.05, 0) is 35.9 Å². The molecule has 1 unspecified atom stereocenters. The van der Waals surface area contributed by atoms with Gasteiger partial charge in [0.25, 0.3) is 0 Å². The van der Waals surface area contributed by atoms with Crippen molar-refractivity contribution in [3.05, 3.63) is 73.1 Å². The highest BCUT2D eigenvalue weighted by Crippen LogP contribution is 2.43. The van der Waals surface area contributed by atoms with Crippen LogP contribution < -0.4 is 10.6 Å². The molecule has 26 heavy (non-hydrogen) atoms. The smallest absolute Gasteiger partial charge is 0.205 e. The number of nitrogens with two attached hydrogens (primary N) is 1. The molecule has 2 aromatic rings. The molecular formula is C20H20N3OS2+. The van der Waals surface area contributed by atoms with Gasteiger partial charge in [-0.15, -0.1) is 22.7 Å². The molecule has 0 saturated heterocycles. The minimum atomic E-state index is -0.0997. The first-order valence-corrected chi connectivity index (χ1v) is 10.4. The monoisotopic (exact) mass is 382 g/mol. The molecule has 0 spiro atoms. The van der Waals surface area contributed by atoms with E-state index in [9.17, 15) is 5.26 Å². The number of nitriles is 1. The van der Waals surface area contributed by atoms with E-state index >= 15 is 0 Å². The minimum absolute atomic E-state index is 0.0997. The summed E-state index contributed by atoms with van der Waals surface area (Å²) in [6.45, 7) is 4.99. The molecule has 0 amide bonds. The number of allylic oxidation sites excluding steroid dienone is 1. The van der Waals surface area contributed by atoms with Gasteiger partial charge in [0.1, 0.15) is 30.5 Å². The standard InChI is InChI=1S/C20H19N3OS2/c1-2-23-11-13(9-14-5-3-7-25-14)19-16(12-23)18(17-6-4-8-26-17)15(10-21)20(22)24-19/h3-9,18H,2,11-12,22H2,1H3/p+1/b13-9+/t18-/m0/s1. The summed E-state index contributed by atoms with van der Waals surface area (Å²) in [7, 11) is 0. The van der Waals surface area contributed by atoms with Crippen molar-refractivity contribution < 1.29 is 9.64 Å². The first-order valence-electron chi connectivity index (χ1n) is 8.63. The minimum Gasteiger partial charge on any atom is -0.440 e. The van der Waals surface area contributed by atoms with Gasteiger partial charge >= 0.3 is 0 Å². The lowest BCUT2D eigenvalue weighted by molar-refractivity contribution is -0.890. The van der Waals surface area contributed by atoms with E-state index in [1.54, 1.807) is 22.7 Å². The zero-order chi connectivity index (χ0) is 18.1.